The Hall–Kier alpha value is -1.58. The molecule has 3 nitrogen and oxygen atoms in total. The molecule has 1 atom stereocenters. The molecular formula is C14H12Cl2N2O. The molecule has 1 amide bonds. The summed E-state index contributed by atoms with van der Waals surface area (Å²) in [6, 6.07) is 10.3. The minimum atomic E-state index is -0.282. The molecule has 98 valence electrons. The highest BCUT2D eigenvalue weighted by molar-refractivity contribution is 6.31. The Morgan fingerprint density at radius 3 is 2.68 bits per heavy atom. The fraction of sp³-hybridized carbons (Fsp3) is 0.143. The molecule has 1 unspecified atom stereocenters. The Morgan fingerprint density at radius 1 is 1.26 bits per heavy atom. The zero-order valence-electron chi connectivity index (χ0n) is 10.2. The van der Waals surface area contributed by atoms with Crippen LogP contribution in [0.5, 0.6) is 0 Å². The molecule has 19 heavy (non-hydrogen) atoms. The van der Waals surface area contributed by atoms with E-state index >= 15 is 0 Å². The van der Waals surface area contributed by atoms with Crippen molar-refractivity contribution in [1.82, 2.24) is 10.3 Å². The van der Waals surface area contributed by atoms with Crippen LogP contribution in [0, 0.1) is 0 Å². The van der Waals surface area contributed by atoms with Crippen LogP contribution in [0.2, 0.25) is 10.0 Å². The van der Waals surface area contributed by atoms with E-state index in [0.29, 0.717) is 10.0 Å². The molecule has 0 aliphatic heterocycles. The van der Waals surface area contributed by atoms with Crippen LogP contribution in [-0.4, -0.2) is 10.9 Å². The predicted octanol–water partition coefficient (Wildman–Crippen LogP) is 3.88. The van der Waals surface area contributed by atoms with Crippen LogP contribution in [0.1, 0.15) is 29.0 Å². The Bertz CT molecular complexity index is 602. The molecule has 2 aromatic rings. The molecule has 1 aromatic heterocycles. The summed E-state index contributed by atoms with van der Waals surface area (Å²) in [7, 11) is 0. The molecule has 1 N–H and O–H groups in total. The second kappa shape index (κ2) is 6.04. The van der Waals surface area contributed by atoms with E-state index < -0.39 is 0 Å². The molecule has 0 aliphatic rings. The Labute approximate surface area is 121 Å². The molecule has 0 radical (unpaired) electrons. The second-order valence-electron chi connectivity index (χ2n) is 4.08. The molecule has 0 aliphatic carbocycles. The second-order valence-corrected chi connectivity index (χ2v) is 4.92. The van der Waals surface area contributed by atoms with Crippen molar-refractivity contribution in [2.75, 3.05) is 0 Å². The Balaban J connectivity index is 2.13. The van der Waals surface area contributed by atoms with Gasteiger partial charge in [0.2, 0.25) is 0 Å². The van der Waals surface area contributed by atoms with Gasteiger partial charge in [0, 0.05) is 16.2 Å². The van der Waals surface area contributed by atoms with Gasteiger partial charge in [-0.2, -0.15) is 0 Å². The first-order valence-electron chi connectivity index (χ1n) is 5.75. The largest absolute Gasteiger partial charge is 0.344 e. The summed E-state index contributed by atoms with van der Waals surface area (Å²) in [5.74, 6) is -0.282. The summed E-state index contributed by atoms with van der Waals surface area (Å²) in [4.78, 5) is 16.0. The van der Waals surface area contributed by atoms with E-state index in [1.54, 1.807) is 12.1 Å². The smallest absolute Gasteiger partial charge is 0.270 e. The number of hydrogen-bond donors (Lipinski definition) is 1. The first kappa shape index (κ1) is 13.8. The number of rotatable bonds is 3. The molecule has 2 rings (SSSR count). The van der Waals surface area contributed by atoms with E-state index in [4.69, 9.17) is 23.2 Å². The monoisotopic (exact) mass is 294 g/mol. The van der Waals surface area contributed by atoms with E-state index in [9.17, 15) is 4.79 Å². The number of hydrogen-bond acceptors (Lipinski definition) is 2. The lowest BCUT2D eigenvalue weighted by atomic mass is 10.1. The van der Waals surface area contributed by atoms with Gasteiger partial charge >= 0.3 is 0 Å². The van der Waals surface area contributed by atoms with E-state index in [0.717, 1.165) is 5.56 Å². The molecule has 1 heterocycles. The summed E-state index contributed by atoms with van der Waals surface area (Å²) in [6.07, 6.45) is 1.50. The molecule has 0 bridgehead atoms. The molecule has 0 saturated carbocycles. The minimum absolute atomic E-state index is 0.206. The highest BCUT2D eigenvalue weighted by Gasteiger charge is 2.14. The van der Waals surface area contributed by atoms with Gasteiger partial charge < -0.3 is 5.32 Å². The number of amides is 1. The normalized spacial score (nSPS) is 11.9. The van der Waals surface area contributed by atoms with Crippen LogP contribution in [0.3, 0.4) is 0 Å². The average molecular weight is 295 g/mol. The van der Waals surface area contributed by atoms with Crippen molar-refractivity contribution in [3.63, 3.8) is 0 Å². The van der Waals surface area contributed by atoms with Gasteiger partial charge in [-0.3, -0.25) is 9.78 Å². The summed E-state index contributed by atoms with van der Waals surface area (Å²) < 4.78 is 0. The third kappa shape index (κ3) is 3.46. The fourth-order valence-electron chi connectivity index (χ4n) is 1.70. The van der Waals surface area contributed by atoms with Gasteiger partial charge in [0.15, 0.2) is 0 Å². The number of pyridine rings is 1. The number of halogens is 2. The van der Waals surface area contributed by atoms with Crippen molar-refractivity contribution in [2.45, 2.75) is 13.0 Å². The standard InChI is InChI=1S/C14H12Cl2N2O/c1-9(11-4-2-3-5-12(11)16)18-14(19)13-8-10(15)6-7-17-13/h2-9H,1H3,(H,18,19). The van der Waals surface area contributed by atoms with Crippen molar-refractivity contribution in [1.29, 1.82) is 0 Å². The maximum absolute atomic E-state index is 12.0. The molecule has 0 saturated heterocycles. The third-order valence-corrected chi connectivity index (χ3v) is 3.25. The first-order valence-corrected chi connectivity index (χ1v) is 6.50. The number of benzene rings is 1. The fourth-order valence-corrected chi connectivity index (χ4v) is 2.16. The van der Waals surface area contributed by atoms with Crippen molar-refractivity contribution < 1.29 is 4.79 Å². The highest BCUT2D eigenvalue weighted by atomic mass is 35.5. The molecule has 0 fully saturated rings. The van der Waals surface area contributed by atoms with Crippen LogP contribution in [0.4, 0.5) is 0 Å². The first-order chi connectivity index (χ1) is 9.08. The number of carbonyl (C=O) groups excluding carboxylic acids is 1. The number of carbonyl (C=O) groups is 1. The van der Waals surface area contributed by atoms with Crippen molar-refractivity contribution >= 4 is 29.1 Å². The van der Waals surface area contributed by atoms with Gasteiger partial charge in [-0.25, -0.2) is 0 Å². The summed E-state index contributed by atoms with van der Waals surface area (Å²) >= 11 is 11.9. The van der Waals surface area contributed by atoms with Crippen LogP contribution in [0.15, 0.2) is 42.6 Å². The SMILES string of the molecule is CC(NC(=O)c1cc(Cl)ccn1)c1ccccc1Cl. The van der Waals surface area contributed by atoms with E-state index in [2.05, 4.69) is 10.3 Å². The quantitative estimate of drug-likeness (QED) is 0.933. The maximum atomic E-state index is 12.0. The Kier molecular flexibility index (Phi) is 4.40. The predicted molar refractivity (Wildman–Crippen MR) is 76.6 cm³/mol. The van der Waals surface area contributed by atoms with Crippen molar-refractivity contribution in [3.8, 4) is 0 Å². The van der Waals surface area contributed by atoms with Gasteiger partial charge in [-0.15, -0.1) is 0 Å². The van der Waals surface area contributed by atoms with Crippen molar-refractivity contribution in [2.24, 2.45) is 0 Å². The van der Waals surface area contributed by atoms with E-state index in [-0.39, 0.29) is 17.6 Å². The van der Waals surface area contributed by atoms with Crippen LogP contribution < -0.4 is 5.32 Å². The van der Waals surface area contributed by atoms with Gasteiger partial charge in [0.1, 0.15) is 5.69 Å². The lowest BCUT2D eigenvalue weighted by Gasteiger charge is -2.15. The van der Waals surface area contributed by atoms with E-state index in [1.807, 2.05) is 25.1 Å². The number of nitrogens with one attached hydrogen (secondary N) is 1. The highest BCUT2D eigenvalue weighted by Crippen LogP contribution is 2.22. The van der Waals surface area contributed by atoms with Crippen molar-refractivity contribution in [3.05, 3.63) is 63.9 Å². The molecule has 1 aromatic carbocycles. The van der Waals surface area contributed by atoms with Crippen LogP contribution in [-0.2, 0) is 0 Å². The van der Waals surface area contributed by atoms with E-state index in [1.165, 1.54) is 12.3 Å². The summed E-state index contributed by atoms with van der Waals surface area (Å²) in [6.45, 7) is 1.86. The van der Waals surface area contributed by atoms with Gasteiger partial charge in [0.25, 0.3) is 5.91 Å². The summed E-state index contributed by atoms with van der Waals surface area (Å²) in [5, 5.41) is 3.93. The minimum Gasteiger partial charge on any atom is -0.344 e. The zero-order valence-corrected chi connectivity index (χ0v) is 11.7. The third-order valence-electron chi connectivity index (χ3n) is 2.67. The van der Waals surface area contributed by atoms with Crippen LogP contribution >= 0.6 is 23.2 Å². The molecule has 5 heteroatoms. The lowest BCUT2D eigenvalue weighted by molar-refractivity contribution is 0.0935. The molecular weight excluding hydrogens is 283 g/mol. The van der Waals surface area contributed by atoms with Gasteiger partial charge in [-0.1, -0.05) is 41.4 Å². The topological polar surface area (TPSA) is 42.0 Å². The maximum Gasteiger partial charge on any atom is 0.270 e. The lowest BCUT2D eigenvalue weighted by Crippen LogP contribution is -2.27. The average Bonchev–Trinajstić information content (AvgIpc) is 2.39. The zero-order chi connectivity index (χ0) is 13.8. The number of aromatic nitrogens is 1. The van der Waals surface area contributed by atoms with Gasteiger partial charge in [0.05, 0.1) is 6.04 Å². The van der Waals surface area contributed by atoms with Crippen LogP contribution in [0.25, 0.3) is 0 Å². The number of nitrogens with zero attached hydrogens (tertiary/aromatic N) is 1. The molecule has 0 spiro atoms. The summed E-state index contributed by atoms with van der Waals surface area (Å²) in [5.41, 5.74) is 1.14. The van der Waals surface area contributed by atoms with Gasteiger partial charge in [-0.05, 0) is 30.7 Å². The Morgan fingerprint density at radius 2 is 2.00 bits per heavy atom.